The summed E-state index contributed by atoms with van der Waals surface area (Å²) in [4.78, 5) is 0. The molecule has 1 unspecified atom stereocenters. The summed E-state index contributed by atoms with van der Waals surface area (Å²) in [6, 6.07) is 14.2. The van der Waals surface area contributed by atoms with Gasteiger partial charge in [0.2, 0.25) is 0 Å². The van der Waals surface area contributed by atoms with Crippen LogP contribution in [0, 0.1) is 0 Å². The first-order valence-corrected chi connectivity index (χ1v) is 7.43. The molecule has 4 heteroatoms. The lowest BCUT2D eigenvalue weighted by molar-refractivity contribution is 0.239. The van der Waals surface area contributed by atoms with Crippen molar-refractivity contribution in [1.29, 1.82) is 0 Å². The fourth-order valence-electron chi connectivity index (χ4n) is 2.61. The van der Waals surface area contributed by atoms with Gasteiger partial charge in [0.1, 0.15) is 0 Å². The molecule has 110 valence electrons. The van der Waals surface area contributed by atoms with Crippen LogP contribution in [0.1, 0.15) is 23.6 Å². The van der Waals surface area contributed by atoms with E-state index in [1.807, 2.05) is 36.4 Å². The number of hydrogen-bond donors (Lipinski definition) is 1. The van der Waals surface area contributed by atoms with Crippen LogP contribution in [0.5, 0.6) is 11.5 Å². The van der Waals surface area contributed by atoms with Crippen molar-refractivity contribution in [2.24, 2.45) is 0 Å². The Morgan fingerprint density at radius 1 is 1.24 bits per heavy atom. The highest BCUT2D eigenvalue weighted by atomic mass is 35.5. The van der Waals surface area contributed by atoms with Gasteiger partial charge in [-0.1, -0.05) is 35.9 Å². The zero-order valence-corrected chi connectivity index (χ0v) is 12.7. The van der Waals surface area contributed by atoms with E-state index in [9.17, 15) is 0 Å². The van der Waals surface area contributed by atoms with Crippen molar-refractivity contribution < 1.29 is 9.47 Å². The van der Waals surface area contributed by atoms with Crippen molar-refractivity contribution in [3.8, 4) is 11.5 Å². The molecule has 0 spiro atoms. The summed E-state index contributed by atoms with van der Waals surface area (Å²) < 4.78 is 11.1. The largest absolute Gasteiger partial charge is 0.493 e. The molecule has 21 heavy (non-hydrogen) atoms. The van der Waals surface area contributed by atoms with Crippen LogP contribution >= 0.6 is 11.6 Å². The lowest BCUT2D eigenvalue weighted by Crippen LogP contribution is -2.27. The minimum absolute atomic E-state index is 0.277. The molecular formula is C17H18ClNO2. The molecule has 0 bridgehead atoms. The Hall–Kier alpha value is -1.71. The van der Waals surface area contributed by atoms with Crippen LogP contribution in [0.2, 0.25) is 5.02 Å². The number of nitrogens with one attached hydrogen (secondary N) is 1. The first kappa shape index (κ1) is 14.2. The number of rotatable bonds is 4. The quantitative estimate of drug-likeness (QED) is 0.927. The van der Waals surface area contributed by atoms with E-state index < -0.39 is 0 Å². The van der Waals surface area contributed by atoms with Crippen LogP contribution < -0.4 is 14.8 Å². The SMILES string of the molecule is COc1cccc2c1OCCC2NCc1ccc(Cl)cc1. The maximum atomic E-state index is 5.91. The highest BCUT2D eigenvalue weighted by molar-refractivity contribution is 6.30. The van der Waals surface area contributed by atoms with E-state index in [4.69, 9.17) is 21.1 Å². The van der Waals surface area contributed by atoms with E-state index >= 15 is 0 Å². The van der Waals surface area contributed by atoms with Gasteiger partial charge in [-0.3, -0.25) is 0 Å². The van der Waals surface area contributed by atoms with Crippen molar-refractivity contribution in [3.63, 3.8) is 0 Å². The Labute approximate surface area is 129 Å². The van der Waals surface area contributed by atoms with Gasteiger partial charge in [-0.05, 0) is 23.8 Å². The third-order valence-electron chi connectivity index (χ3n) is 3.72. The molecule has 0 aliphatic carbocycles. The molecule has 1 N–H and O–H groups in total. The van der Waals surface area contributed by atoms with Gasteiger partial charge in [-0.15, -0.1) is 0 Å². The molecule has 1 aliphatic rings. The second-order valence-electron chi connectivity index (χ2n) is 5.08. The van der Waals surface area contributed by atoms with Gasteiger partial charge in [0.25, 0.3) is 0 Å². The monoisotopic (exact) mass is 303 g/mol. The Kier molecular flexibility index (Phi) is 4.32. The molecule has 2 aromatic rings. The van der Waals surface area contributed by atoms with Gasteiger partial charge in [-0.2, -0.15) is 0 Å². The number of hydrogen-bond acceptors (Lipinski definition) is 3. The van der Waals surface area contributed by atoms with Crippen molar-refractivity contribution in [2.45, 2.75) is 19.0 Å². The lowest BCUT2D eigenvalue weighted by Gasteiger charge is -2.28. The lowest BCUT2D eigenvalue weighted by atomic mass is 9.99. The van der Waals surface area contributed by atoms with Crippen LogP contribution in [0.4, 0.5) is 0 Å². The molecule has 0 radical (unpaired) electrons. The normalized spacial score (nSPS) is 17.0. The first-order chi connectivity index (χ1) is 10.3. The van der Waals surface area contributed by atoms with Gasteiger partial charge < -0.3 is 14.8 Å². The van der Waals surface area contributed by atoms with E-state index in [1.165, 1.54) is 5.56 Å². The van der Waals surface area contributed by atoms with E-state index in [0.717, 1.165) is 35.1 Å². The maximum absolute atomic E-state index is 5.91. The molecule has 0 fully saturated rings. The molecule has 0 saturated carbocycles. The zero-order valence-electron chi connectivity index (χ0n) is 11.9. The predicted octanol–water partition coefficient (Wildman–Crippen LogP) is 3.96. The fourth-order valence-corrected chi connectivity index (χ4v) is 2.74. The minimum Gasteiger partial charge on any atom is -0.493 e. The van der Waals surface area contributed by atoms with Gasteiger partial charge in [0.15, 0.2) is 11.5 Å². The Balaban J connectivity index is 1.75. The van der Waals surface area contributed by atoms with E-state index in [1.54, 1.807) is 7.11 Å². The van der Waals surface area contributed by atoms with Gasteiger partial charge >= 0.3 is 0 Å². The molecule has 0 amide bonds. The number of para-hydroxylation sites is 1. The van der Waals surface area contributed by atoms with Crippen LogP contribution in [0.25, 0.3) is 0 Å². The summed E-state index contributed by atoms with van der Waals surface area (Å²) in [5, 5.41) is 4.35. The Morgan fingerprint density at radius 3 is 2.81 bits per heavy atom. The standard InChI is InChI=1S/C17H18ClNO2/c1-20-16-4-2-3-14-15(9-10-21-17(14)16)19-11-12-5-7-13(18)8-6-12/h2-8,15,19H,9-11H2,1H3. The summed E-state index contributed by atoms with van der Waals surface area (Å²) in [5.41, 5.74) is 2.38. The highest BCUT2D eigenvalue weighted by Crippen LogP contribution is 2.39. The van der Waals surface area contributed by atoms with Gasteiger partial charge in [0, 0.05) is 29.6 Å². The van der Waals surface area contributed by atoms with E-state index in [0.29, 0.717) is 6.61 Å². The second-order valence-corrected chi connectivity index (χ2v) is 5.51. The van der Waals surface area contributed by atoms with E-state index in [-0.39, 0.29) is 6.04 Å². The van der Waals surface area contributed by atoms with Crippen LogP contribution in [0.3, 0.4) is 0 Å². The average molecular weight is 304 g/mol. The summed E-state index contributed by atoms with van der Waals surface area (Å²) in [6.45, 7) is 1.50. The number of fused-ring (bicyclic) bond motifs is 1. The van der Waals surface area contributed by atoms with Crippen LogP contribution in [0.15, 0.2) is 42.5 Å². The summed E-state index contributed by atoms with van der Waals surface area (Å²) in [5.74, 6) is 1.66. The molecule has 0 aromatic heterocycles. The Morgan fingerprint density at radius 2 is 2.05 bits per heavy atom. The third kappa shape index (κ3) is 3.14. The number of methoxy groups -OCH3 is 1. The number of benzene rings is 2. The zero-order chi connectivity index (χ0) is 14.7. The van der Waals surface area contributed by atoms with Crippen LogP contribution in [-0.4, -0.2) is 13.7 Å². The van der Waals surface area contributed by atoms with Gasteiger partial charge in [-0.25, -0.2) is 0 Å². The number of halogens is 1. The topological polar surface area (TPSA) is 30.5 Å². The Bertz CT molecular complexity index is 613. The third-order valence-corrected chi connectivity index (χ3v) is 3.98. The van der Waals surface area contributed by atoms with Crippen LogP contribution in [-0.2, 0) is 6.54 Å². The van der Waals surface area contributed by atoms with Crippen molar-refractivity contribution in [3.05, 3.63) is 58.6 Å². The fraction of sp³-hybridized carbons (Fsp3) is 0.294. The smallest absolute Gasteiger partial charge is 0.165 e. The van der Waals surface area contributed by atoms with E-state index in [2.05, 4.69) is 11.4 Å². The average Bonchev–Trinajstić information content (AvgIpc) is 2.53. The highest BCUT2D eigenvalue weighted by Gasteiger charge is 2.23. The van der Waals surface area contributed by atoms with Crippen molar-refractivity contribution in [1.82, 2.24) is 5.32 Å². The molecule has 3 nitrogen and oxygen atoms in total. The molecule has 2 aromatic carbocycles. The summed E-state index contributed by atoms with van der Waals surface area (Å²) in [7, 11) is 1.67. The van der Waals surface area contributed by atoms with Crippen molar-refractivity contribution in [2.75, 3.05) is 13.7 Å². The first-order valence-electron chi connectivity index (χ1n) is 7.05. The van der Waals surface area contributed by atoms with Crippen molar-refractivity contribution >= 4 is 11.6 Å². The molecule has 1 atom stereocenters. The van der Waals surface area contributed by atoms with Gasteiger partial charge in [0.05, 0.1) is 13.7 Å². The second kappa shape index (κ2) is 6.37. The predicted molar refractivity (Wildman–Crippen MR) is 84.1 cm³/mol. The summed E-state index contributed by atoms with van der Waals surface area (Å²) in [6.07, 6.45) is 0.952. The maximum Gasteiger partial charge on any atom is 0.165 e. The molecule has 1 aliphatic heterocycles. The number of ether oxygens (including phenoxy) is 2. The molecule has 1 heterocycles. The molecule has 0 saturated heterocycles. The minimum atomic E-state index is 0.277. The summed E-state index contributed by atoms with van der Waals surface area (Å²) >= 11 is 5.91. The molecule has 3 rings (SSSR count). The molecular weight excluding hydrogens is 286 g/mol.